The highest BCUT2D eigenvalue weighted by molar-refractivity contribution is 7.07. The lowest BCUT2D eigenvalue weighted by atomic mass is 9.96. The van der Waals surface area contributed by atoms with E-state index in [1.165, 1.54) is 22.3 Å². The van der Waals surface area contributed by atoms with Gasteiger partial charge < -0.3 is 4.90 Å². The fraction of sp³-hybridized carbons (Fsp3) is 0.278. The van der Waals surface area contributed by atoms with Gasteiger partial charge in [0.05, 0.1) is 11.0 Å². The van der Waals surface area contributed by atoms with Crippen molar-refractivity contribution in [3.8, 4) is 0 Å². The van der Waals surface area contributed by atoms with E-state index in [4.69, 9.17) is 0 Å². The van der Waals surface area contributed by atoms with Gasteiger partial charge in [-0.1, -0.05) is 18.2 Å². The number of fused-ring (bicyclic) bond motifs is 1. The zero-order valence-corrected chi connectivity index (χ0v) is 13.5. The minimum atomic E-state index is 0.0633. The highest BCUT2D eigenvalue weighted by atomic mass is 32.1. The fourth-order valence-corrected chi connectivity index (χ4v) is 3.85. The maximum absolute atomic E-state index is 12.4. The molecule has 0 N–H and O–H groups in total. The zero-order chi connectivity index (χ0) is 15.6. The van der Waals surface area contributed by atoms with Gasteiger partial charge in [-0.25, -0.2) is 4.98 Å². The molecule has 4 rings (SSSR count). The van der Waals surface area contributed by atoms with Gasteiger partial charge in [-0.3, -0.25) is 9.78 Å². The summed E-state index contributed by atoms with van der Waals surface area (Å²) in [5.41, 5.74) is 4.65. The summed E-state index contributed by atoms with van der Waals surface area (Å²) in [7, 11) is 0. The van der Waals surface area contributed by atoms with E-state index in [0.717, 1.165) is 31.4 Å². The Kier molecular flexibility index (Phi) is 3.79. The minimum absolute atomic E-state index is 0.0633. The molecule has 4 nitrogen and oxygen atoms in total. The number of thiazole rings is 1. The molecule has 0 saturated carbocycles. The minimum Gasteiger partial charge on any atom is -0.337 e. The smallest absolute Gasteiger partial charge is 0.273 e. The van der Waals surface area contributed by atoms with Crippen molar-refractivity contribution in [2.75, 3.05) is 13.1 Å². The molecule has 0 bridgehead atoms. The molecule has 1 aliphatic heterocycles. The lowest BCUT2D eigenvalue weighted by molar-refractivity contribution is 0.0782. The van der Waals surface area contributed by atoms with Gasteiger partial charge in [0.25, 0.3) is 5.91 Å². The van der Waals surface area contributed by atoms with Gasteiger partial charge in [-0.05, 0) is 36.5 Å². The van der Waals surface area contributed by atoms with Crippen LogP contribution in [0.4, 0.5) is 0 Å². The van der Waals surface area contributed by atoms with Crippen LogP contribution in [-0.4, -0.2) is 33.9 Å². The predicted octanol–water partition coefficient (Wildman–Crippen LogP) is 3.40. The SMILES string of the molecule is O=C(c1cscn1)N1CC[C@@H](Cc2cccc3ncccc23)C1. The van der Waals surface area contributed by atoms with E-state index in [1.54, 1.807) is 5.51 Å². The maximum Gasteiger partial charge on any atom is 0.273 e. The van der Waals surface area contributed by atoms with Crippen molar-refractivity contribution < 1.29 is 4.79 Å². The first kappa shape index (κ1) is 14.3. The summed E-state index contributed by atoms with van der Waals surface area (Å²) in [4.78, 5) is 22.9. The van der Waals surface area contributed by atoms with Crippen LogP contribution in [0.5, 0.6) is 0 Å². The number of hydrogen-bond acceptors (Lipinski definition) is 4. The maximum atomic E-state index is 12.4. The second-order valence-corrected chi connectivity index (χ2v) is 6.69. The van der Waals surface area contributed by atoms with Crippen molar-refractivity contribution in [1.29, 1.82) is 0 Å². The van der Waals surface area contributed by atoms with Gasteiger partial charge in [-0.15, -0.1) is 11.3 Å². The standard InChI is InChI=1S/C18H17N3OS/c22-18(17-11-23-12-20-17)21-8-6-13(10-21)9-14-3-1-5-16-15(14)4-2-7-19-16/h1-5,7,11-13H,6,8-10H2/t13-/m0/s1. The highest BCUT2D eigenvalue weighted by Gasteiger charge is 2.28. The Hall–Kier alpha value is -2.27. The van der Waals surface area contributed by atoms with Gasteiger partial charge in [0.15, 0.2) is 0 Å². The molecule has 1 amide bonds. The Bertz CT molecular complexity index is 826. The molecular weight excluding hydrogens is 306 g/mol. The normalized spacial score (nSPS) is 17.7. The fourth-order valence-electron chi connectivity index (χ4n) is 3.32. The van der Waals surface area contributed by atoms with Crippen LogP contribution in [0.2, 0.25) is 0 Å². The quantitative estimate of drug-likeness (QED) is 0.742. The first-order valence-corrected chi connectivity index (χ1v) is 8.75. The number of likely N-dealkylation sites (tertiary alicyclic amines) is 1. The van der Waals surface area contributed by atoms with Crippen LogP contribution in [-0.2, 0) is 6.42 Å². The van der Waals surface area contributed by atoms with Crippen LogP contribution < -0.4 is 0 Å². The van der Waals surface area contributed by atoms with E-state index in [-0.39, 0.29) is 5.91 Å². The van der Waals surface area contributed by atoms with E-state index < -0.39 is 0 Å². The van der Waals surface area contributed by atoms with Crippen LogP contribution in [0, 0.1) is 5.92 Å². The van der Waals surface area contributed by atoms with Gasteiger partial charge >= 0.3 is 0 Å². The number of rotatable bonds is 3. The molecule has 1 atom stereocenters. The Morgan fingerprint density at radius 1 is 1.26 bits per heavy atom. The lowest BCUT2D eigenvalue weighted by Gasteiger charge is -2.15. The monoisotopic (exact) mass is 323 g/mol. The molecule has 1 aliphatic rings. The van der Waals surface area contributed by atoms with Crippen LogP contribution in [0.25, 0.3) is 10.9 Å². The van der Waals surface area contributed by atoms with Crippen LogP contribution in [0.15, 0.2) is 47.4 Å². The van der Waals surface area contributed by atoms with Crippen molar-refractivity contribution in [3.63, 3.8) is 0 Å². The summed E-state index contributed by atoms with van der Waals surface area (Å²) in [6.45, 7) is 1.64. The molecule has 1 saturated heterocycles. The summed E-state index contributed by atoms with van der Waals surface area (Å²) in [5.74, 6) is 0.566. The average molecular weight is 323 g/mol. The molecule has 3 aromatic rings. The second kappa shape index (κ2) is 6.08. The molecule has 0 unspecified atom stereocenters. The van der Waals surface area contributed by atoms with Crippen molar-refractivity contribution in [1.82, 2.24) is 14.9 Å². The Morgan fingerprint density at radius 3 is 3.09 bits per heavy atom. The molecular formula is C18H17N3OS. The van der Waals surface area contributed by atoms with Gasteiger partial charge in [0.2, 0.25) is 0 Å². The van der Waals surface area contributed by atoms with E-state index >= 15 is 0 Å². The van der Waals surface area contributed by atoms with Crippen LogP contribution in [0.1, 0.15) is 22.5 Å². The Labute approximate surface area is 138 Å². The molecule has 23 heavy (non-hydrogen) atoms. The van der Waals surface area contributed by atoms with E-state index in [0.29, 0.717) is 11.6 Å². The number of benzene rings is 1. The summed E-state index contributed by atoms with van der Waals surface area (Å²) >= 11 is 1.47. The number of nitrogens with zero attached hydrogens (tertiary/aromatic N) is 3. The summed E-state index contributed by atoms with van der Waals surface area (Å²) < 4.78 is 0. The van der Waals surface area contributed by atoms with Crippen molar-refractivity contribution in [2.24, 2.45) is 5.92 Å². The predicted molar refractivity (Wildman–Crippen MR) is 91.6 cm³/mol. The van der Waals surface area contributed by atoms with Crippen molar-refractivity contribution in [3.05, 3.63) is 58.7 Å². The Morgan fingerprint density at radius 2 is 2.22 bits per heavy atom. The average Bonchev–Trinajstić information content (AvgIpc) is 3.27. The highest BCUT2D eigenvalue weighted by Crippen LogP contribution is 2.26. The largest absolute Gasteiger partial charge is 0.337 e. The summed E-state index contributed by atoms with van der Waals surface area (Å²) in [6, 6.07) is 10.4. The molecule has 2 aromatic heterocycles. The Balaban J connectivity index is 1.49. The second-order valence-electron chi connectivity index (χ2n) is 5.97. The third kappa shape index (κ3) is 2.84. The molecule has 1 aromatic carbocycles. The number of carbonyl (C=O) groups excluding carboxylic acids is 1. The zero-order valence-electron chi connectivity index (χ0n) is 12.7. The van der Waals surface area contributed by atoms with Crippen LogP contribution in [0.3, 0.4) is 0 Å². The first-order valence-electron chi connectivity index (χ1n) is 7.81. The molecule has 116 valence electrons. The number of pyridine rings is 1. The van der Waals surface area contributed by atoms with E-state index in [2.05, 4.69) is 28.2 Å². The molecule has 0 spiro atoms. The number of aromatic nitrogens is 2. The van der Waals surface area contributed by atoms with E-state index in [9.17, 15) is 4.79 Å². The molecule has 1 fully saturated rings. The third-order valence-electron chi connectivity index (χ3n) is 4.47. The summed E-state index contributed by atoms with van der Waals surface area (Å²) in [5, 5.41) is 3.05. The van der Waals surface area contributed by atoms with Gasteiger partial charge in [0, 0.05) is 30.1 Å². The van der Waals surface area contributed by atoms with Gasteiger partial charge in [0.1, 0.15) is 5.69 Å². The molecule has 3 heterocycles. The third-order valence-corrected chi connectivity index (χ3v) is 5.06. The van der Waals surface area contributed by atoms with Crippen molar-refractivity contribution in [2.45, 2.75) is 12.8 Å². The molecule has 0 aliphatic carbocycles. The topological polar surface area (TPSA) is 46.1 Å². The number of carbonyl (C=O) groups is 1. The molecule has 0 radical (unpaired) electrons. The summed E-state index contributed by atoms with van der Waals surface area (Å²) in [6.07, 6.45) is 3.87. The first-order chi connectivity index (χ1) is 11.3. The van der Waals surface area contributed by atoms with Crippen LogP contribution >= 0.6 is 11.3 Å². The lowest BCUT2D eigenvalue weighted by Crippen LogP contribution is -2.29. The van der Waals surface area contributed by atoms with E-state index in [1.807, 2.05) is 28.6 Å². The van der Waals surface area contributed by atoms with Crippen molar-refractivity contribution >= 4 is 28.1 Å². The molecule has 5 heteroatoms. The number of hydrogen-bond donors (Lipinski definition) is 0. The van der Waals surface area contributed by atoms with Gasteiger partial charge in [-0.2, -0.15) is 0 Å². The number of amides is 1.